The fourth-order valence-corrected chi connectivity index (χ4v) is 12.8. The predicted octanol–water partition coefficient (Wildman–Crippen LogP) is 21.9. The van der Waals surface area contributed by atoms with Gasteiger partial charge in [-0.15, -0.1) is 0 Å². The molecule has 1 aliphatic heterocycles. The van der Waals surface area contributed by atoms with Crippen LogP contribution in [0.15, 0.2) is 0 Å². The molecule has 472 valence electrons. The van der Waals surface area contributed by atoms with E-state index in [1.54, 1.807) is 0 Å². The summed E-state index contributed by atoms with van der Waals surface area (Å²) in [7, 11) is 0. The van der Waals surface area contributed by atoms with Crippen LogP contribution < -0.4 is 5.32 Å². The standard InChI is InChI=1S/C72H143NO6/c1-6-10-14-18-22-26-30-34-38-42-46-50-54-58-62-67(75)68-70(76,63-59-55-51-47-43-39-35-31-27-23-19-15-11-7-2)71(77,64-60-56-52-48-44-40-36-32-28-24-20-16-12-8-3)69(73-66(5)74)72(78,79-68)65-61-57-53-49-45-41-37-33-29-25-21-17-13-9-4/h67-69,75-78H,6-65H2,1-5H3,(H,73,74)/t67?,68-,69-,70-,71-,72?/m1/s1/i54D,55D,56D,57D/t54?,55?,56?,57?,67?,68-,69-,70-,71-,72?. The van der Waals surface area contributed by atoms with Crippen molar-refractivity contribution in [3.63, 3.8) is 0 Å². The van der Waals surface area contributed by atoms with Gasteiger partial charge in [0.1, 0.15) is 23.3 Å². The molecular weight excluding hydrogens is 975 g/mol. The molecule has 0 radical (unpaired) electrons. The zero-order valence-electron chi connectivity index (χ0n) is 57.7. The maximum Gasteiger partial charge on any atom is 0.217 e. The predicted molar refractivity (Wildman–Crippen MR) is 343 cm³/mol. The molecule has 0 aromatic carbocycles. The number of carbonyl (C=O) groups excluding carboxylic acids is 1. The number of amides is 1. The Balaban J connectivity index is 3.37. The molecule has 10 atom stereocenters. The lowest BCUT2D eigenvalue weighted by atomic mass is 9.62. The van der Waals surface area contributed by atoms with Gasteiger partial charge in [0.2, 0.25) is 5.91 Å². The van der Waals surface area contributed by atoms with E-state index in [-0.39, 0.29) is 44.9 Å². The highest BCUT2D eigenvalue weighted by molar-refractivity contribution is 5.73. The number of carbonyl (C=O) groups is 1. The van der Waals surface area contributed by atoms with Crippen LogP contribution in [0, 0.1) is 0 Å². The van der Waals surface area contributed by atoms with Crippen molar-refractivity contribution in [2.45, 2.75) is 455 Å². The minimum Gasteiger partial charge on any atom is -0.390 e. The normalized spacial score (nSPS) is 23.2. The van der Waals surface area contributed by atoms with Gasteiger partial charge in [0.15, 0.2) is 5.79 Å². The molecule has 1 aliphatic rings. The summed E-state index contributed by atoms with van der Waals surface area (Å²) in [4.78, 5) is 13.3. The van der Waals surface area contributed by atoms with Crippen molar-refractivity contribution in [2.24, 2.45) is 0 Å². The summed E-state index contributed by atoms with van der Waals surface area (Å²) in [5.74, 6) is -2.77. The van der Waals surface area contributed by atoms with E-state index in [1.165, 1.54) is 212 Å². The van der Waals surface area contributed by atoms with Gasteiger partial charge in [-0.25, -0.2) is 0 Å². The van der Waals surface area contributed by atoms with Crippen LogP contribution in [-0.2, 0) is 9.53 Å². The minimum absolute atomic E-state index is 0.103. The first-order valence-electron chi connectivity index (χ1n) is 37.9. The van der Waals surface area contributed by atoms with Gasteiger partial charge >= 0.3 is 0 Å². The summed E-state index contributed by atoms with van der Waals surface area (Å²) in [6, 6.07) is -1.52. The van der Waals surface area contributed by atoms with Gasteiger partial charge in [0, 0.05) is 18.8 Å². The topological polar surface area (TPSA) is 119 Å². The third-order valence-corrected chi connectivity index (χ3v) is 18.1. The second kappa shape index (κ2) is 54.0. The lowest BCUT2D eigenvalue weighted by molar-refractivity contribution is -0.386. The molecule has 7 nitrogen and oxygen atoms in total. The highest BCUT2D eigenvalue weighted by Gasteiger charge is 2.69. The number of ether oxygens (including phenoxy) is 1. The Morgan fingerprint density at radius 2 is 0.620 bits per heavy atom. The number of aliphatic hydroxyl groups is 4. The molecule has 1 fully saturated rings. The zero-order valence-corrected chi connectivity index (χ0v) is 53.7. The third kappa shape index (κ3) is 38.8. The van der Waals surface area contributed by atoms with Crippen molar-refractivity contribution >= 4 is 5.91 Å². The Morgan fingerprint density at radius 1 is 0.380 bits per heavy atom. The molecule has 1 heterocycles. The number of hydrogen-bond donors (Lipinski definition) is 5. The summed E-state index contributed by atoms with van der Waals surface area (Å²) < 4.78 is 43.4. The van der Waals surface area contributed by atoms with E-state index in [0.717, 1.165) is 77.0 Å². The van der Waals surface area contributed by atoms with Crippen molar-refractivity contribution in [3.8, 4) is 0 Å². The number of aliphatic hydroxyl groups excluding tert-OH is 1. The smallest absolute Gasteiger partial charge is 0.217 e. The van der Waals surface area contributed by atoms with E-state index in [2.05, 4.69) is 33.0 Å². The largest absolute Gasteiger partial charge is 0.390 e. The molecule has 7 heteroatoms. The summed E-state index contributed by atoms with van der Waals surface area (Å²) in [5, 5.41) is 55.5. The van der Waals surface area contributed by atoms with Gasteiger partial charge in [0.05, 0.1) is 6.10 Å². The van der Waals surface area contributed by atoms with Crippen molar-refractivity contribution in [2.75, 3.05) is 0 Å². The van der Waals surface area contributed by atoms with Crippen molar-refractivity contribution in [3.05, 3.63) is 0 Å². The number of hydrogen-bond acceptors (Lipinski definition) is 6. The molecule has 0 aliphatic carbocycles. The average Bonchev–Trinajstić information content (AvgIpc) is 2.39. The molecule has 1 saturated heterocycles. The second-order valence-corrected chi connectivity index (χ2v) is 25.6. The molecular formula is C72H143NO6. The van der Waals surface area contributed by atoms with Gasteiger partial charge in [-0.05, 0) is 25.7 Å². The van der Waals surface area contributed by atoms with Crippen LogP contribution in [0.3, 0.4) is 0 Å². The van der Waals surface area contributed by atoms with Crippen LogP contribution in [0.4, 0.5) is 0 Å². The molecule has 1 amide bonds. The van der Waals surface area contributed by atoms with Crippen LogP contribution in [-0.4, -0.2) is 61.6 Å². The molecule has 6 unspecified atom stereocenters. The molecule has 0 spiro atoms. The van der Waals surface area contributed by atoms with E-state index in [1.807, 2.05) is 0 Å². The summed E-state index contributed by atoms with van der Waals surface area (Å²) in [6.45, 7) is 10.3. The van der Waals surface area contributed by atoms with Crippen LogP contribution in [0.5, 0.6) is 0 Å². The fraction of sp³-hybridized carbons (Fsp3) is 0.986. The molecule has 1 rings (SSSR count). The van der Waals surface area contributed by atoms with E-state index in [4.69, 9.17) is 7.48 Å². The van der Waals surface area contributed by atoms with Crippen LogP contribution in [0.2, 0.25) is 0 Å². The van der Waals surface area contributed by atoms with E-state index in [9.17, 15) is 28.0 Å². The first-order chi connectivity index (χ1) is 40.1. The lowest BCUT2D eigenvalue weighted by Crippen LogP contribution is -2.82. The monoisotopic (exact) mass is 1120 g/mol. The second-order valence-electron chi connectivity index (χ2n) is 25.6. The lowest BCUT2D eigenvalue weighted by Gasteiger charge is -2.61. The van der Waals surface area contributed by atoms with Gasteiger partial charge in [-0.1, -0.05) is 381 Å². The minimum atomic E-state index is -2.26. The maximum atomic E-state index is 13.6. The zero-order chi connectivity index (χ0) is 61.1. The van der Waals surface area contributed by atoms with E-state index in [0.29, 0.717) is 32.1 Å². The summed E-state index contributed by atoms with van der Waals surface area (Å²) in [6.07, 6.45) is 51.9. The first kappa shape index (κ1) is 69.0. The molecule has 0 saturated carbocycles. The van der Waals surface area contributed by atoms with Crippen LogP contribution >= 0.6 is 0 Å². The quantitative estimate of drug-likeness (QED) is 0.0387. The average molecular weight is 1120 g/mol. The fourth-order valence-electron chi connectivity index (χ4n) is 12.8. The third-order valence-electron chi connectivity index (χ3n) is 18.1. The summed E-state index contributed by atoms with van der Waals surface area (Å²) in [5.41, 5.74) is -4.48. The Bertz CT molecular complexity index is 1430. The SMILES string of the molecule is [2H]C(CCCCCCCCCCCCC)CCC(O)[C@H]1OC(O)(CCC([2H])CCCCCCCCCCCCC)[C@H](NC(C)=O)[C@](O)(CCC([2H])CCCCCCCCCCCCC)[C@@]1(O)CCC([2H])CCCCCCCCCCCCC. The Hall–Kier alpha value is -0.730. The van der Waals surface area contributed by atoms with Gasteiger partial charge in [-0.3, -0.25) is 4.79 Å². The van der Waals surface area contributed by atoms with Crippen molar-refractivity contribution in [1.82, 2.24) is 5.32 Å². The van der Waals surface area contributed by atoms with E-state index >= 15 is 0 Å². The number of rotatable bonds is 62. The highest BCUT2D eigenvalue weighted by Crippen LogP contribution is 2.50. The van der Waals surface area contributed by atoms with Gasteiger partial charge < -0.3 is 30.5 Å². The summed E-state index contributed by atoms with van der Waals surface area (Å²) >= 11 is 0. The molecule has 0 aromatic heterocycles. The number of nitrogens with one attached hydrogen (secondary N) is 1. The van der Waals surface area contributed by atoms with Crippen molar-refractivity contribution < 1.29 is 35.4 Å². The first-order valence-corrected chi connectivity index (χ1v) is 35.6. The molecule has 0 aromatic rings. The van der Waals surface area contributed by atoms with Gasteiger partial charge in [-0.2, -0.15) is 0 Å². The van der Waals surface area contributed by atoms with Crippen LogP contribution in [0.1, 0.15) is 425 Å². The Labute approximate surface area is 499 Å². The Kier molecular flexibility index (Phi) is 47.2. The molecule has 79 heavy (non-hydrogen) atoms. The van der Waals surface area contributed by atoms with Crippen molar-refractivity contribution in [1.29, 1.82) is 0 Å². The molecule has 0 bridgehead atoms. The maximum absolute atomic E-state index is 13.6. The highest BCUT2D eigenvalue weighted by atomic mass is 16.7. The van der Waals surface area contributed by atoms with Gasteiger partial charge in [0.25, 0.3) is 0 Å². The Morgan fingerprint density at radius 3 is 0.899 bits per heavy atom. The van der Waals surface area contributed by atoms with E-state index < -0.39 is 66.7 Å². The number of unbranched alkanes of at least 4 members (excludes halogenated alkanes) is 40. The van der Waals surface area contributed by atoms with Crippen LogP contribution in [0.25, 0.3) is 0 Å². The molecule has 5 N–H and O–H groups in total.